The highest BCUT2D eigenvalue weighted by Crippen LogP contribution is 2.22. The number of nitrogens with one attached hydrogen (secondary N) is 3. The average Bonchev–Trinajstić information content (AvgIpc) is 3.10. The zero-order valence-electron chi connectivity index (χ0n) is 18.3. The molecule has 1 amide bonds. The van der Waals surface area contributed by atoms with E-state index in [4.69, 9.17) is 4.74 Å². The van der Waals surface area contributed by atoms with E-state index < -0.39 is 0 Å². The molecule has 0 spiro atoms. The molecule has 1 aromatic carbocycles. The van der Waals surface area contributed by atoms with Crippen LogP contribution in [-0.4, -0.2) is 54.9 Å². The maximum absolute atomic E-state index is 12.4. The Morgan fingerprint density at radius 2 is 1.77 bits per heavy atom. The van der Waals surface area contributed by atoms with E-state index in [0.29, 0.717) is 35.1 Å². The lowest BCUT2D eigenvalue weighted by Crippen LogP contribution is -2.19. The molecule has 0 bridgehead atoms. The SMILES string of the molecule is CCOc1ccc(NC(=O)CSc2nnc3nc(NC(C)C)nc(NC(C)C)n23)cc1. The minimum absolute atomic E-state index is 0.146. The number of anilines is 3. The largest absolute Gasteiger partial charge is 0.494 e. The molecule has 2 aromatic heterocycles. The fraction of sp³-hybridized carbons (Fsp3) is 0.450. The second kappa shape index (κ2) is 10.3. The molecule has 0 atom stereocenters. The minimum atomic E-state index is -0.150. The van der Waals surface area contributed by atoms with Crippen molar-refractivity contribution < 1.29 is 9.53 Å². The van der Waals surface area contributed by atoms with Crippen molar-refractivity contribution in [2.75, 3.05) is 28.3 Å². The third kappa shape index (κ3) is 6.20. The Morgan fingerprint density at radius 1 is 1.06 bits per heavy atom. The molecule has 0 saturated heterocycles. The zero-order valence-corrected chi connectivity index (χ0v) is 19.2. The van der Waals surface area contributed by atoms with Crippen molar-refractivity contribution in [2.45, 2.75) is 51.9 Å². The lowest BCUT2D eigenvalue weighted by Gasteiger charge is -2.14. The predicted octanol–water partition coefficient (Wildman–Crippen LogP) is 3.29. The molecular formula is C20H28N8O2S. The number of ether oxygens (including phenoxy) is 1. The average molecular weight is 445 g/mol. The van der Waals surface area contributed by atoms with Crippen LogP contribution in [0.25, 0.3) is 5.78 Å². The number of aromatic nitrogens is 5. The van der Waals surface area contributed by atoms with E-state index in [-0.39, 0.29) is 23.7 Å². The first-order valence-corrected chi connectivity index (χ1v) is 11.2. The number of hydrogen-bond acceptors (Lipinski definition) is 9. The second-order valence-electron chi connectivity index (χ2n) is 7.38. The number of carbonyl (C=O) groups is 1. The summed E-state index contributed by atoms with van der Waals surface area (Å²) in [6.07, 6.45) is 0. The Hall–Kier alpha value is -3.08. The molecule has 3 rings (SSSR count). The summed E-state index contributed by atoms with van der Waals surface area (Å²) in [5.41, 5.74) is 0.704. The van der Waals surface area contributed by atoms with Crippen LogP contribution >= 0.6 is 11.8 Å². The molecule has 0 saturated carbocycles. The van der Waals surface area contributed by atoms with Crippen molar-refractivity contribution in [1.82, 2.24) is 24.6 Å². The number of nitrogens with zero attached hydrogens (tertiary/aromatic N) is 5. The van der Waals surface area contributed by atoms with E-state index in [0.717, 1.165) is 5.75 Å². The van der Waals surface area contributed by atoms with E-state index in [1.54, 1.807) is 4.40 Å². The molecular weight excluding hydrogens is 416 g/mol. The lowest BCUT2D eigenvalue weighted by atomic mass is 10.3. The van der Waals surface area contributed by atoms with Crippen LogP contribution in [0.5, 0.6) is 5.75 Å². The van der Waals surface area contributed by atoms with Gasteiger partial charge in [0.15, 0.2) is 5.16 Å². The van der Waals surface area contributed by atoms with Crippen LogP contribution in [-0.2, 0) is 4.79 Å². The van der Waals surface area contributed by atoms with Gasteiger partial charge in [-0.1, -0.05) is 11.8 Å². The maximum Gasteiger partial charge on any atom is 0.261 e. The number of amides is 1. The Morgan fingerprint density at radius 3 is 2.42 bits per heavy atom. The van der Waals surface area contributed by atoms with Crippen LogP contribution in [0.3, 0.4) is 0 Å². The summed E-state index contributed by atoms with van der Waals surface area (Å²) in [5, 5.41) is 18.3. The van der Waals surface area contributed by atoms with E-state index in [2.05, 4.69) is 36.1 Å². The lowest BCUT2D eigenvalue weighted by molar-refractivity contribution is -0.113. The van der Waals surface area contributed by atoms with Gasteiger partial charge in [0.1, 0.15) is 5.75 Å². The van der Waals surface area contributed by atoms with Gasteiger partial charge in [0.05, 0.1) is 12.4 Å². The number of fused-ring (bicyclic) bond motifs is 1. The van der Waals surface area contributed by atoms with Crippen LogP contribution < -0.4 is 20.7 Å². The van der Waals surface area contributed by atoms with Crippen molar-refractivity contribution in [3.8, 4) is 5.75 Å². The van der Waals surface area contributed by atoms with Crippen molar-refractivity contribution in [1.29, 1.82) is 0 Å². The highest BCUT2D eigenvalue weighted by Gasteiger charge is 2.17. The molecule has 166 valence electrons. The summed E-state index contributed by atoms with van der Waals surface area (Å²) in [6, 6.07) is 7.58. The minimum Gasteiger partial charge on any atom is -0.494 e. The van der Waals surface area contributed by atoms with Gasteiger partial charge in [-0.3, -0.25) is 4.79 Å². The van der Waals surface area contributed by atoms with Gasteiger partial charge < -0.3 is 20.7 Å². The highest BCUT2D eigenvalue weighted by atomic mass is 32.2. The van der Waals surface area contributed by atoms with Crippen LogP contribution in [0, 0.1) is 0 Å². The van der Waals surface area contributed by atoms with Crippen LogP contribution in [0.1, 0.15) is 34.6 Å². The monoisotopic (exact) mass is 444 g/mol. The number of thioether (sulfide) groups is 1. The molecule has 0 fully saturated rings. The van der Waals surface area contributed by atoms with Crippen LogP contribution in [0.15, 0.2) is 29.4 Å². The summed E-state index contributed by atoms with van der Waals surface area (Å²) in [5.74, 6) is 2.24. The van der Waals surface area contributed by atoms with Gasteiger partial charge in [0.2, 0.25) is 17.8 Å². The van der Waals surface area contributed by atoms with Gasteiger partial charge in [-0.25, -0.2) is 4.40 Å². The molecule has 0 aliphatic carbocycles. The van der Waals surface area contributed by atoms with Gasteiger partial charge in [0.25, 0.3) is 5.78 Å². The van der Waals surface area contributed by atoms with Crippen molar-refractivity contribution in [2.24, 2.45) is 0 Å². The van der Waals surface area contributed by atoms with Gasteiger partial charge >= 0.3 is 0 Å². The number of rotatable bonds is 10. The molecule has 0 aliphatic rings. The molecule has 0 unspecified atom stereocenters. The number of hydrogen-bond donors (Lipinski definition) is 3. The molecule has 10 nitrogen and oxygen atoms in total. The van der Waals surface area contributed by atoms with Crippen LogP contribution in [0.4, 0.5) is 17.6 Å². The summed E-state index contributed by atoms with van der Waals surface area (Å²) in [6.45, 7) is 10.6. The Labute approximate surface area is 185 Å². The van der Waals surface area contributed by atoms with Gasteiger partial charge in [-0.05, 0) is 58.9 Å². The summed E-state index contributed by atoms with van der Waals surface area (Å²) in [4.78, 5) is 21.4. The molecule has 2 heterocycles. The van der Waals surface area contributed by atoms with E-state index in [1.807, 2.05) is 58.9 Å². The normalized spacial score (nSPS) is 11.2. The van der Waals surface area contributed by atoms with Gasteiger partial charge in [-0.2, -0.15) is 9.97 Å². The first-order valence-electron chi connectivity index (χ1n) is 10.2. The maximum atomic E-state index is 12.4. The van der Waals surface area contributed by atoms with Crippen LogP contribution in [0.2, 0.25) is 0 Å². The highest BCUT2D eigenvalue weighted by molar-refractivity contribution is 7.99. The first kappa shape index (κ1) is 22.6. The number of benzene rings is 1. The van der Waals surface area contributed by atoms with E-state index in [9.17, 15) is 4.79 Å². The molecule has 3 aromatic rings. The second-order valence-corrected chi connectivity index (χ2v) is 8.32. The molecule has 31 heavy (non-hydrogen) atoms. The van der Waals surface area contributed by atoms with Crippen molar-refractivity contribution in [3.05, 3.63) is 24.3 Å². The first-order chi connectivity index (χ1) is 14.9. The fourth-order valence-corrected chi connectivity index (χ4v) is 3.42. The third-order valence-corrected chi connectivity index (χ3v) is 4.79. The Bertz CT molecular complexity index is 1020. The fourth-order valence-electron chi connectivity index (χ4n) is 2.69. The Balaban J connectivity index is 1.72. The van der Waals surface area contributed by atoms with Crippen molar-refractivity contribution >= 4 is 41.0 Å². The summed E-state index contributed by atoms with van der Waals surface area (Å²) < 4.78 is 7.14. The molecule has 0 aliphatic heterocycles. The van der Waals surface area contributed by atoms with Gasteiger partial charge in [0, 0.05) is 17.8 Å². The third-order valence-electron chi connectivity index (χ3n) is 3.86. The Kier molecular flexibility index (Phi) is 7.50. The topological polar surface area (TPSA) is 118 Å². The van der Waals surface area contributed by atoms with Crippen molar-refractivity contribution in [3.63, 3.8) is 0 Å². The van der Waals surface area contributed by atoms with Gasteiger partial charge in [-0.15, -0.1) is 10.2 Å². The summed E-state index contributed by atoms with van der Waals surface area (Å²) >= 11 is 1.27. The zero-order chi connectivity index (χ0) is 22.4. The standard InChI is InChI=1S/C20H28N8O2S/c1-6-30-15-9-7-14(8-10-15)23-16(29)11-31-20-27-26-19-25-17(21-12(2)3)24-18(28(19)20)22-13(4)5/h7-10,12-13H,6,11H2,1-5H3,(H,23,29)(H2,21,22,24,25,26). The van der Waals surface area contributed by atoms with E-state index >= 15 is 0 Å². The quantitative estimate of drug-likeness (QED) is 0.405. The molecule has 0 radical (unpaired) electrons. The predicted molar refractivity (Wildman–Crippen MR) is 123 cm³/mol. The summed E-state index contributed by atoms with van der Waals surface area (Å²) in [7, 11) is 0. The smallest absolute Gasteiger partial charge is 0.261 e. The molecule has 3 N–H and O–H groups in total. The molecule has 11 heteroatoms. The number of carbonyl (C=O) groups excluding carboxylic acids is 1. The van der Waals surface area contributed by atoms with E-state index in [1.165, 1.54) is 11.8 Å².